The summed E-state index contributed by atoms with van der Waals surface area (Å²) in [4.78, 5) is 12.5. The number of halogens is 2. The van der Waals surface area contributed by atoms with E-state index in [0.717, 1.165) is 6.07 Å². The average molecular weight is 309 g/mol. The third-order valence-corrected chi connectivity index (χ3v) is 3.45. The van der Waals surface area contributed by atoms with Crippen LogP contribution < -0.4 is 9.47 Å². The van der Waals surface area contributed by atoms with E-state index in [1.165, 1.54) is 20.3 Å². The number of ether oxygens (including phenoxy) is 2. The molecule has 0 aliphatic heterocycles. The van der Waals surface area contributed by atoms with Crippen molar-refractivity contribution in [1.82, 2.24) is 0 Å². The van der Waals surface area contributed by atoms with Crippen molar-refractivity contribution in [2.45, 2.75) is 6.92 Å². The van der Waals surface area contributed by atoms with Gasteiger partial charge in [0.05, 0.1) is 19.2 Å². The number of ketones is 1. The van der Waals surface area contributed by atoms with Crippen molar-refractivity contribution in [3.05, 3.63) is 57.9 Å². The number of hydrogen-bond donors (Lipinski definition) is 0. The summed E-state index contributed by atoms with van der Waals surface area (Å²) in [6, 6.07) is 7.40. The van der Waals surface area contributed by atoms with Gasteiger partial charge in [-0.2, -0.15) is 0 Å². The number of rotatable bonds is 4. The summed E-state index contributed by atoms with van der Waals surface area (Å²) in [5, 5.41) is 0.0814. The van der Waals surface area contributed by atoms with Crippen LogP contribution in [-0.2, 0) is 0 Å². The lowest BCUT2D eigenvalue weighted by Gasteiger charge is -2.10. The van der Waals surface area contributed by atoms with Gasteiger partial charge < -0.3 is 9.47 Å². The smallest absolute Gasteiger partial charge is 0.194 e. The molecule has 0 radical (unpaired) electrons. The molecule has 2 aromatic carbocycles. The molecule has 2 rings (SSSR count). The molecular weight excluding hydrogens is 295 g/mol. The van der Waals surface area contributed by atoms with Gasteiger partial charge in [0.1, 0.15) is 5.82 Å². The van der Waals surface area contributed by atoms with Crippen LogP contribution in [0, 0.1) is 12.7 Å². The molecule has 0 N–H and O–H groups in total. The molecule has 0 saturated heterocycles. The summed E-state index contributed by atoms with van der Waals surface area (Å²) in [5.41, 5.74) is 1.01. The van der Waals surface area contributed by atoms with Crippen LogP contribution in [0.25, 0.3) is 0 Å². The van der Waals surface area contributed by atoms with E-state index in [1.807, 2.05) is 0 Å². The van der Waals surface area contributed by atoms with Crippen molar-refractivity contribution in [3.8, 4) is 11.5 Å². The molecule has 0 amide bonds. The quantitative estimate of drug-likeness (QED) is 0.800. The summed E-state index contributed by atoms with van der Waals surface area (Å²) in [5.74, 6) is 0.224. The summed E-state index contributed by atoms with van der Waals surface area (Å²) in [6.45, 7) is 1.58. The van der Waals surface area contributed by atoms with E-state index in [4.69, 9.17) is 21.1 Å². The molecule has 0 fully saturated rings. The highest BCUT2D eigenvalue weighted by Crippen LogP contribution is 2.30. The molecule has 2 aromatic rings. The van der Waals surface area contributed by atoms with Crippen molar-refractivity contribution in [2.75, 3.05) is 14.2 Å². The number of methoxy groups -OCH3 is 2. The van der Waals surface area contributed by atoms with Crippen LogP contribution in [0.5, 0.6) is 11.5 Å². The normalized spacial score (nSPS) is 10.3. The summed E-state index contributed by atoms with van der Waals surface area (Å²) in [6.07, 6.45) is 0. The van der Waals surface area contributed by atoms with E-state index in [0.29, 0.717) is 22.6 Å². The fourth-order valence-electron chi connectivity index (χ4n) is 1.96. The van der Waals surface area contributed by atoms with E-state index in [2.05, 4.69) is 0 Å². The van der Waals surface area contributed by atoms with Crippen LogP contribution in [-0.4, -0.2) is 20.0 Å². The van der Waals surface area contributed by atoms with Crippen LogP contribution >= 0.6 is 11.6 Å². The van der Waals surface area contributed by atoms with E-state index in [1.54, 1.807) is 25.1 Å². The van der Waals surface area contributed by atoms with Crippen LogP contribution in [0.4, 0.5) is 4.39 Å². The number of aryl methyl sites for hydroxylation is 1. The zero-order valence-electron chi connectivity index (χ0n) is 11.9. The van der Waals surface area contributed by atoms with Crippen molar-refractivity contribution >= 4 is 17.4 Å². The minimum atomic E-state index is -0.441. The molecule has 0 heterocycles. The SMILES string of the molecule is COc1ccc(C(=O)c2cc(C)c(F)cc2Cl)cc1OC. The minimum absolute atomic E-state index is 0.0814. The van der Waals surface area contributed by atoms with Gasteiger partial charge in [-0.3, -0.25) is 4.79 Å². The Morgan fingerprint density at radius 3 is 2.38 bits per heavy atom. The maximum absolute atomic E-state index is 13.4. The van der Waals surface area contributed by atoms with Gasteiger partial charge in [0.25, 0.3) is 0 Å². The Hall–Kier alpha value is -2.07. The molecule has 0 aliphatic rings. The molecule has 21 heavy (non-hydrogen) atoms. The Kier molecular flexibility index (Phi) is 4.48. The van der Waals surface area contributed by atoms with Gasteiger partial charge in [0, 0.05) is 11.1 Å². The van der Waals surface area contributed by atoms with Crippen LogP contribution in [0.2, 0.25) is 5.02 Å². The highest BCUT2D eigenvalue weighted by molar-refractivity contribution is 6.35. The van der Waals surface area contributed by atoms with Gasteiger partial charge in [0.15, 0.2) is 17.3 Å². The second-order valence-corrected chi connectivity index (χ2v) is 4.89. The molecule has 110 valence electrons. The first kappa shape index (κ1) is 15.3. The van der Waals surface area contributed by atoms with E-state index >= 15 is 0 Å². The predicted octanol–water partition coefficient (Wildman–Crippen LogP) is 4.04. The molecular formula is C16H14ClFO3. The standard InChI is InChI=1S/C16H14ClFO3/c1-9-6-11(12(17)8-13(9)18)16(19)10-4-5-14(20-2)15(7-10)21-3/h4-8H,1-3H3. The van der Waals surface area contributed by atoms with Crippen LogP contribution in [0.1, 0.15) is 21.5 Å². The number of carbonyl (C=O) groups excluding carboxylic acids is 1. The van der Waals surface area contributed by atoms with Crippen molar-refractivity contribution < 1.29 is 18.7 Å². The van der Waals surface area contributed by atoms with Gasteiger partial charge in [-0.15, -0.1) is 0 Å². The van der Waals surface area contributed by atoms with Crippen molar-refractivity contribution in [2.24, 2.45) is 0 Å². The monoisotopic (exact) mass is 308 g/mol. The fourth-order valence-corrected chi connectivity index (χ4v) is 2.20. The topological polar surface area (TPSA) is 35.5 Å². The molecule has 0 spiro atoms. The predicted molar refractivity (Wildman–Crippen MR) is 79.1 cm³/mol. The highest BCUT2D eigenvalue weighted by Gasteiger charge is 2.17. The van der Waals surface area contributed by atoms with Gasteiger partial charge in [-0.25, -0.2) is 4.39 Å². The Bertz CT molecular complexity index is 698. The van der Waals surface area contributed by atoms with Crippen molar-refractivity contribution in [3.63, 3.8) is 0 Å². The molecule has 0 aliphatic carbocycles. The molecule has 3 nitrogen and oxygen atoms in total. The number of benzene rings is 2. The Labute approximate surface area is 127 Å². The zero-order chi connectivity index (χ0) is 15.6. The highest BCUT2D eigenvalue weighted by atomic mass is 35.5. The molecule has 5 heteroatoms. The molecule has 0 bridgehead atoms. The van der Waals surface area contributed by atoms with E-state index in [9.17, 15) is 9.18 Å². The second kappa shape index (κ2) is 6.14. The Morgan fingerprint density at radius 2 is 1.76 bits per heavy atom. The van der Waals surface area contributed by atoms with Crippen LogP contribution in [0.3, 0.4) is 0 Å². The van der Waals surface area contributed by atoms with Gasteiger partial charge >= 0.3 is 0 Å². The van der Waals surface area contributed by atoms with E-state index in [-0.39, 0.29) is 16.4 Å². The first-order valence-corrected chi connectivity index (χ1v) is 6.58. The van der Waals surface area contributed by atoms with Gasteiger partial charge in [-0.05, 0) is 42.8 Å². The summed E-state index contributed by atoms with van der Waals surface area (Å²) in [7, 11) is 3.00. The number of hydrogen-bond acceptors (Lipinski definition) is 3. The Balaban J connectivity index is 2.47. The summed E-state index contributed by atoms with van der Waals surface area (Å²) >= 11 is 5.96. The third-order valence-electron chi connectivity index (χ3n) is 3.14. The molecule has 0 saturated carbocycles. The second-order valence-electron chi connectivity index (χ2n) is 4.48. The maximum Gasteiger partial charge on any atom is 0.194 e. The zero-order valence-corrected chi connectivity index (χ0v) is 12.6. The van der Waals surface area contributed by atoms with E-state index < -0.39 is 5.82 Å². The molecule has 0 unspecified atom stereocenters. The van der Waals surface area contributed by atoms with Gasteiger partial charge in [-0.1, -0.05) is 11.6 Å². The minimum Gasteiger partial charge on any atom is -0.493 e. The first-order chi connectivity index (χ1) is 9.97. The van der Waals surface area contributed by atoms with Crippen LogP contribution in [0.15, 0.2) is 30.3 Å². The first-order valence-electron chi connectivity index (χ1n) is 6.20. The fraction of sp³-hybridized carbons (Fsp3) is 0.188. The number of carbonyl (C=O) groups is 1. The maximum atomic E-state index is 13.4. The summed E-state index contributed by atoms with van der Waals surface area (Å²) < 4.78 is 23.7. The van der Waals surface area contributed by atoms with Gasteiger partial charge in [0.2, 0.25) is 0 Å². The third kappa shape index (κ3) is 3.00. The lowest BCUT2D eigenvalue weighted by molar-refractivity contribution is 0.103. The molecule has 0 atom stereocenters. The molecule has 0 aromatic heterocycles. The Morgan fingerprint density at radius 1 is 1.10 bits per heavy atom. The van der Waals surface area contributed by atoms with Crippen molar-refractivity contribution in [1.29, 1.82) is 0 Å². The average Bonchev–Trinajstić information content (AvgIpc) is 2.49. The lowest BCUT2D eigenvalue weighted by Crippen LogP contribution is -2.04. The lowest BCUT2D eigenvalue weighted by atomic mass is 10.0. The largest absolute Gasteiger partial charge is 0.493 e.